The van der Waals surface area contributed by atoms with Crippen molar-refractivity contribution in [3.05, 3.63) is 15.8 Å². The van der Waals surface area contributed by atoms with Crippen molar-refractivity contribution in [2.24, 2.45) is 5.84 Å². The van der Waals surface area contributed by atoms with Gasteiger partial charge in [-0.1, -0.05) is 0 Å². The Morgan fingerprint density at radius 1 is 1.48 bits per heavy atom. The summed E-state index contributed by atoms with van der Waals surface area (Å²) in [5.74, 6) is 4.99. The largest absolute Gasteiger partial charge is 0.353 e. The summed E-state index contributed by atoms with van der Waals surface area (Å²) >= 11 is 0. The van der Waals surface area contributed by atoms with Gasteiger partial charge in [0.05, 0.1) is 4.92 Å². The van der Waals surface area contributed by atoms with E-state index >= 15 is 0 Å². The zero-order valence-corrected chi connectivity index (χ0v) is 11.7. The minimum atomic E-state index is -0.663. The van der Waals surface area contributed by atoms with Crippen molar-refractivity contribution in [2.45, 2.75) is 38.8 Å². The van der Waals surface area contributed by atoms with Gasteiger partial charge in [-0.3, -0.25) is 20.3 Å². The minimum Gasteiger partial charge on any atom is -0.353 e. The lowest BCUT2D eigenvalue weighted by Gasteiger charge is -2.15. The number of nitrogens with zero attached hydrogens (tertiary/aromatic N) is 3. The number of aromatic nitrogens is 2. The van der Waals surface area contributed by atoms with E-state index in [1.807, 2.05) is 0 Å². The summed E-state index contributed by atoms with van der Waals surface area (Å²) in [6.45, 7) is 3.08. The van der Waals surface area contributed by atoms with Crippen molar-refractivity contribution in [3.8, 4) is 0 Å². The Bertz CT molecular complexity index is 573. The number of hydrazine groups is 1. The number of aryl methyl sites for hydroxylation is 1. The molecule has 1 aliphatic rings. The Kier molecular flexibility index (Phi) is 4.17. The number of rotatable bonds is 6. The van der Waals surface area contributed by atoms with Crippen molar-refractivity contribution in [3.63, 3.8) is 0 Å². The van der Waals surface area contributed by atoms with E-state index in [1.54, 1.807) is 6.92 Å². The summed E-state index contributed by atoms with van der Waals surface area (Å²) < 4.78 is 0. The first kappa shape index (κ1) is 14.9. The highest BCUT2D eigenvalue weighted by Crippen LogP contribution is 2.27. The maximum absolute atomic E-state index is 11.9. The predicted molar refractivity (Wildman–Crippen MR) is 75.5 cm³/mol. The molecule has 1 fully saturated rings. The second kappa shape index (κ2) is 5.87. The molecule has 0 bridgehead atoms. The molecule has 1 aliphatic carbocycles. The fraction of sp³-hybridized carbons (Fsp3) is 0.545. The molecule has 1 unspecified atom stereocenters. The molecule has 0 radical (unpaired) electrons. The molecule has 1 amide bonds. The highest BCUT2D eigenvalue weighted by Gasteiger charge is 2.28. The fourth-order valence-corrected chi connectivity index (χ4v) is 1.78. The molecule has 2 rings (SSSR count). The van der Waals surface area contributed by atoms with E-state index in [4.69, 9.17) is 5.84 Å². The van der Waals surface area contributed by atoms with Crippen LogP contribution < -0.4 is 21.9 Å². The van der Waals surface area contributed by atoms with Crippen molar-refractivity contribution >= 4 is 23.4 Å². The maximum Gasteiger partial charge on any atom is 0.332 e. The van der Waals surface area contributed by atoms with Gasteiger partial charge in [0.2, 0.25) is 17.7 Å². The summed E-state index contributed by atoms with van der Waals surface area (Å²) in [6.07, 6.45) is 1.93. The van der Waals surface area contributed by atoms with Gasteiger partial charge in [0.1, 0.15) is 11.7 Å². The number of nitro groups is 1. The van der Waals surface area contributed by atoms with Crippen LogP contribution in [0.3, 0.4) is 0 Å². The number of carbonyl (C=O) groups excluding carboxylic acids is 1. The molecule has 1 aromatic heterocycles. The van der Waals surface area contributed by atoms with Crippen LogP contribution in [-0.2, 0) is 4.79 Å². The summed E-state index contributed by atoms with van der Waals surface area (Å²) in [5.41, 5.74) is 2.11. The summed E-state index contributed by atoms with van der Waals surface area (Å²) in [6, 6.07) is -0.450. The molecule has 0 aliphatic heterocycles. The highest BCUT2D eigenvalue weighted by molar-refractivity contribution is 5.85. The van der Waals surface area contributed by atoms with Crippen molar-refractivity contribution in [1.82, 2.24) is 15.3 Å². The molecule has 114 valence electrons. The van der Waals surface area contributed by atoms with Crippen LogP contribution in [0.25, 0.3) is 0 Å². The van der Waals surface area contributed by atoms with E-state index in [1.165, 1.54) is 6.92 Å². The number of nitrogen functional groups attached to an aromatic ring is 1. The zero-order valence-electron chi connectivity index (χ0n) is 11.7. The summed E-state index contributed by atoms with van der Waals surface area (Å²) in [5, 5.41) is 16.7. The SMILES string of the molecule is Cc1nc(NN)nc(NC(C)C(=O)NC2CC2)c1[N+](=O)[O-]. The minimum absolute atomic E-state index is 0.0374. The lowest BCUT2D eigenvalue weighted by Crippen LogP contribution is -2.39. The van der Waals surface area contributed by atoms with Gasteiger partial charge in [-0.2, -0.15) is 4.98 Å². The Morgan fingerprint density at radius 3 is 2.67 bits per heavy atom. The molecule has 10 heteroatoms. The van der Waals surface area contributed by atoms with Crippen molar-refractivity contribution < 1.29 is 9.72 Å². The number of nitrogens with one attached hydrogen (secondary N) is 3. The van der Waals surface area contributed by atoms with E-state index in [0.29, 0.717) is 0 Å². The molecule has 10 nitrogen and oxygen atoms in total. The van der Waals surface area contributed by atoms with Crippen LogP contribution in [0, 0.1) is 17.0 Å². The van der Waals surface area contributed by atoms with Crippen LogP contribution >= 0.6 is 0 Å². The van der Waals surface area contributed by atoms with Crippen molar-refractivity contribution in [1.29, 1.82) is 0 Å². The monoisotopic (exact) mass is 295 g/mol. The van der Waals surface area contributed by atoms with Gasteiger partial charge in [0.15, 0.2) is 0 Å². The standard InChI is InChI=1S/C11H17N7O3/c1-5-8(18(20)21)9(16-11(14-5)17-12)13-6(2)10(19)15-7-3-4-7/h6-7H,3-4,12H2,1-2H3,(H,15,19)(H2,13,14,16,17). The number of nitrogens with two attached hydrogens (primary N) is 1. The first-order chi connectivity index (χ1) is 9.92. The zero-order chi connectivity index (χ0) is 15.6. The molecule has 1 aromatic rings. The topological polar surface area (TPSA) is 148 Å². The predicted octanol–water partition coefficient (Wildman–Crippen LogP) is 0.0578. The van der Waals surface area contributed by atoms with Crippen LogP contribution in [-0.4, -0.2) is 32.9 Å². The molecule has 1 heterocycles. The van der Waals surface area contributed by atoms with Crippen LogP contribution in [0.4, 0.5) is 17.5 Å². The number of hydrogen-bond acceptors (Lipinski definition) is 8. The molecule has 1 saturated carbocycles. The first-order valence-electron chi connectivity index (χ1n) is 6.49. The molecule has 5 N–H and O–H groups in total. The van der Waals surface area contributed by atoms with E-state index < -0.39 is 11.0 Å². The number of hydrogen-bond donors (Lipinski definition) is 4. The number of anilines is 2. The lowest BCUT2D eigenvalue weighted by atomic mass is 10.2. The normalized spacial score (nSPS) is 15.2. The Hall–Kier alpha value is -2.49. The summed E-state index contributed by atoms with van der Waals surface area (Å²) in [7, 11) is 0. The van der Waals surface area contributed by atoms with Crippen molar-refractivity contribution in [2.75, 3.05) is 10.7 Å². The van der Waals surface area contributed by atoms with Crippen LogP contribution in [0.2, 0.25) is 0 Å². The molecule has 0 aromatic carbocycles. The van der Waals surface area contributed by atoms with Crippen LogP contribution in [0.5, 0.6) is 0 Å². The van der Waals surface area contributed by atoms with Gasteiger partial charge in [-0.15, -0.1) is 0 Å². The van der Waals surface area contributed by atoms with Gasteiger partial charge in [-0.25, -0.2) is 10.8 Å². The molecule has 21 heavy (non-hydrogen) atoms. The smallest absolute Gasteiger partial charge is 0.332 e. The average Bonchev–Trinajstić information content (AvgIpc) is 3.21. The lowest BCUT2D eigenvalue weighted by molar-refractivity contribution is -0.385. The van der Waals surface area contributed by atoms with Gasteiger partial charge in [0, 0.05) is 6.04 Å². The third-order valence-electron chi connectivity index (χ3n) is 3.04. The van der Waals surface area contributed by atoms with E-state index in [0.717, 1.165) is 12.8 Å². The Morgan fingerprint density at radius 2 is 2.14 bits per heavy atom. The third kappa shape index (κ3) is 3.54. The number of amides is 1. The van der Waals surface area contributed by atoms with Gasteiger partial charge in [0.25, 0.3) is 0 Å². The Labute approximate surface area is 120 Å². The summed E-state index contributed by atoms with van der Waals surface area (Å²) in [4.78, 5) is 30.2. The average molecular weight is 295 g/mol. The quantitative estimate of drug-likeness (QED) is 0.327. The first-order valence-corrected chi connectivity index (χ1v) is 6.49. The second-order valence-corrected chi connectivity index (χ2v) is 4.88. The van der Waals surface area contributed by atoms with Gasteiger partial charge >= 0.3 is 5.69 Å². The van der Waals surface area contributed by atoms with Crippen LogP contribution in [0.1, 0.15) is 25.5 Å². The third-order valence-corrected chi connectivity index (χ3v) is 3.04. The number of carbonyl (C=O) groups is 1. The van der Waals surface area contributed by atoms with Gasteiger partial charge in [-0.05, 0) is 26.7 Å². The Balaban J connectivity index is 2.21. The molecule has 0 saturated heterocycles. The molecule has 0 spiro atoms. The van der Waals surface area contributed by atoms with E-state index in [9.17, 15) is 14.9 Å². The fourth-order valence-electron chi connectivity index (χ4n) is 1.78. The van der Waals surface area contributed by atoms with Crippen LogP contribution in [0.15, 0.2) is 0 Å². The van der Waals surface area contributed by atoms with E-state index in [-0.39, 0.29) is 35.1 Å². The highest BCUT2D eigenvalue weighted by atomic mass is 16.6. The molecular formula is C11H17N7O3. The maximum atomic E-state index is 11.9. The molecular weight excluding hydrogens is 278 g/mol. The second-order valence-electron chi connectivity index (χ2n) is 4.88. The molecule has 1 atom stereocenters. The van der Waals surface area contributed by atoms with E-state index in [2.05, 4.69) is 26.0 Å². The van der Waals surface area contributed by atoms with Gasteiger partial charge < -0.3 is 10.6 Å².